The number of hydrogen-bond donors (Lipinski definition) is 0. The van der Waals surface area contributed by atoms with Crippen LogP contribution in [0.25, 0.3) is 15.5 Å². The summed E-state index contributed by atoms with van der Waals surface area (Å²) in [6, 6.07) is 14.9. The second kappa shape index (κ2) is 8.61. The molecule has 0 amide bonds. The Morgan fingerprint density at radius 1 is 0.912 bits per heavy atom. The van der Waals surface area contributed by atoms with Gasteiger partial charge in [0.1, 0.15) is 10.8 Å². The Labute approximate surface area is 202 Å². The van der Waals surface area contributed by atoms with Crippen molar-refractivity contribution in [2.45, 2.75) is 25.7 Å². The van der Waals surface area contributed by atoms with E-state index < -0.39 is 10.0 Å². The quantitative estimate of drug-likeness (QED) is 0.432. The largest absolute Gasteiger partial charge is 0.354 e. The molecule has 0 atom stereocenters. The van der Waals surface area contributed by atoms with E-state index in [4.69, 9.17) is 0 Å². The lowest BCUT2D eigenvalue weighted by Gasteiger charge is -2.34. The van der Waals surface area contributed by atoms with Crippen LogP contribution in [0.3, 0.4) is 0 Å². The lowest BCUT2D eigenvalue weighted by atomic mass is 10.1. The van der Waals surface area contributed by atoms with Crippen LogP contribution < -0.4 is 10.5 Å². The Hall–Kier alpha value is -3.08. The van der Waals surface area contributed by atoms with Crippen LogP contribution in [0.1, 0.15) is 16.7 Å². The SMILES string of the molecule is Cc1ccc(C)c(S(=O)(=O)N2CCN(c3cc(=O)n4nc(-c5ccccc5C)sc4n3)CC2)c1. The fourth-order valence-corrected chi connectivity index (χ4v) is 6.89. The molecule has 10 heteroatoms. The molecule has 0 spiro atoms. The van der Waals surface area contributed by atoms with E-state index in [1.54, 1.807) is 6.07 Å². The van der Waals surface area contributed by atoms with Crippen molar-refractivity contribution in [1.82, 2.24) is 18.9 Å². The molecule has 34 heavy (non-hydrogen) atoms. The van der Waals surface area contributed by atoms with Gasteiger partial charge in [-0.3, -0.25) is 4.79 Å². The van der Waals surface area contributed by atoms with Gasteiger partial charge >= 0.3 is 0 Å². The van der Waals surface area contributed by atoms with Crippen molar-refractivity contribution in [2.75, 3.05) is 31.1 Å². The number of nitrogens with zero attached hydrogens (tertiary/aromatic N) is 5. The summed E-state index contributed by atoms with van der Waals surface area (Å²) in [6.07, 6.45) is 0. The molecule has 176 valence electrons. The van der Waals surface area contributed by atoms with Gasteiger partial charge in [0, 0.05) is 37.8 Å². The van der Waals surface area contributed by atoms with Crippen LogP contribution in [-0.4, -0.2) is 53.5 Å². The Kier molecular flexibility index (Phi) is 5.75. The number of anilines is 1. The third-order valence-electron chi connectivity index (χ3n) is 6.13. The summed E-state index contributed by atoms with van der Waals surface area (Å²) in [6.45, 7) is 7.28. The van der Waals surface area contributed by atoms with E-state index in [0.29, 0.717) is 41.9 Å². The molecule has 1 aliphatic rings. The Balaban J connectivity index is 1.39. The van der Waals surface area contributed by atoms with Crippen molar-refractivity contribution < 1.29 is 8.42 Å². The highest BCUT2D eigenvalue weighted by molar-refractivity contribution is 7.89. The van der Waals surface area contributed by atoms with E-state index in [0.717, 1.165) is 27.3 Å². The van der Waals surface area contributed by atoms with Crippen LogP contribution in [0, 0.1) is 20.8 Å². The van der Waals surface area contributed by atoms with Gasteiger partial charge in [0.2, 0.25) is 15.0 Å². The first-order chi connectivity index (χ1) is 16.2. The number of aromatic nitrogens is 3. The zero-order chi connectivity index (χ0) is 24.0. The minimum Gasteiger partial charge on any atom is -0.354 e. The van der Waals surface area contributed by atoms with Gasteiger partial charge in [0.15, 0.2) is 0 Å². The van der Waals surface area contributed by atoms with Crippen molar-refractivity contribution in [3.05, 3.63) is 75.6 Å². The average molecular weight is 496 g/mol. The predicted molar refractivity (Wildman–Crippen MR) is 134 cm³/mol. The van der Waals surface area contributed by atoms with E-state index in [1.807, 2.05) is 62.1 Å². The van der Waals surface area contributed by atoms with E-state index >= 15 is 0 Å². The first-order valence-electron chi connectivity index (χ1n) is 11.0. The molecule has 4 aromatic rings. The van der Waals surface area contributed by atoms with Crippen molar-refractivity contribution >= 4 is 32.1 Å². The maximum atomic E-state index is 13.2. The minimum atomic E-state index is -3.58. The number of aryl methyl sites for hydroxylation is 3. The highest BCUT2D eigenvalue weighted by Crippen LogP contribution is 2.28. The van der Waals surface area contributed by atoms with Gasteiger partial charge in [-0.15, -0.1) is 0 Å². The number of benzene rings is 2. The molecule has 1 saturated heterocycles. The molecular weight excluding hydrogens is 470 g/mol. The third kappa shape index (κ3) is 4.02. The van der Waals surface area contributed by atoms with Gasteiger partial charge in [-0.25, -0.2) is 13.4 Å². The predicted octanol–water partition coefficient (Wildman–Crippen LogP) is 3.25. The third-order valence-corrected chi connectivity index (χ3v) is 9.11. The molecule has 0 radical (unpaired) electrons. The van der Waals surface area contributed by atoms with Gasteiger partial charge in [0.25, 0.3) is 5.56 Å². The monoisotopic (exact) mass is 495 g/mol. The normalized spacial score (nSPS) is 15.2. The molecule has 0 unspecified atom stereocenters. The number of sulfonamides is 1. The van der Waals surface area contributed by atoms with Crippen LogP contribution in [0.15, 0.2) is 58.2 Å². The number of rotatable bonds is 4. The lowest BCUT2D eigenvalue weighted by Crippen LogP contribution is -2.49. The molecule has 0 aliphatic carbocycles. The molecular formula is C24H25N5O3S2. The number of piperazine rings is 1. The second-order valence-electron chi connectivity index (χ2n) is 8.53. The van der Waals surface area contributed by atoms with Gasteiger partial charge in [-0.2, -0.15) is 13.9 Å². The minimum absolute atomic E-state index is 0.249. The Morgan fingerprint density at radius 2 is 1.65 bits per heavy atom. The van der Waals surface area contributed by atoms with E-state index in [9.17, 15) is 13.2 Å². The highest BCUT2D eigenvalue weighted by Gasteiger charge is 2.30. The van der Waals surface area contributed by atoms with Gasteiger partial charge < -0.3 is 4.90 Å². The molecule has 2 aromatic heterocycles. The summed E-state index contributed by atoms with van der Waals surface area (Å²) >= 11 is 1.37. The first-order valence-corrected chi connectivity index (χ1v) is 13.3. The van der Waals surface area contributed by atoms with Gasteiger partial charge in [0.05, 0.1) is 4.90 Å². The molecule has 8 nitrogen and oxygen atoms in total. The summed E-state index contributed by atoms with van der Waals surface area (Å²) in [5.41, 5.74) is 3.46. The lowest BCUT2D eigenvalue weighted by molar-refractivity contribution is 0.383. The molecule has 0 saturated carbocycles. The van der Waals surface area contributed by atoms with Crippen LogP contribution >= 0.6 is 11.3 Å². The summed E-state index contributed by atoms with van der Waals surface area (Å²) in [5, 5.41) is 5.22. The van der Waals surface area contributed by atoms with Crippen LogP contribution in [0.2, 0.25) is 0 Å². The zero-order valence-electron chi connectivity index (χ0n) is 19.2. The second-order valence-corrected chi connectivity index (χ2v) is 11.4. The fraction of sp³-hybridized carbons (Fsp3) is 0.292. The highest BCUT2D eigenvalue weighted by atomic mass is 32.2. The fourth-order valence-electron chi connectivity index (χ4n) is 4.16. The smallest absolute Gasteiger partial charge is 0.277 e. The number of hydrogen-bond acceptors (Lipinski definition) is 7. The molecule has 3 heterocycles. The standard InChI is InChI=1S/C24H25N5O3S2/c1-16-8-9-18(3)20(14-16)34(31,32)28-12-10-27(11-13-28)21-15-22(30)29-24(25-21)33-23(26-29)19-7-5-4-6-17(19)2/h4-9,14-15H,10-13H2,1-3H3. The maximum absolute atomic E-state index is 13.2. The van der Waals surface area contributed by atoms with Gasteiger partial charge in [-0.05, 0) is 43.5 Å². The van der Waals surface area contributed by atoms with Crippen LogP contribution in [0.4, 0.5) is 5.82 Å². The Bertz CT molecular complexity index is 1550. The molecule has 2 aromatic carbocycles. The van der Waals surface area contributed by atoms with Gasteiger partial charge in [-0.1, -0.05) is 47.7 Å². The summed E-state index contributed by atoms with van der Waals surface area (Å²) in [4.78, 5) is 20.3. The van der Waals surface area contributed by atoms with E-state index in [1.165, 1.54) is 26.2 Å². The summed E-state index contributed by atoms with van der Waals surface area (Å²) in [5.74, 6) is 0.550. The maximum Gasteiger partial charge on any atom is 0.277 e. The Morgan fingerprint density at radius 3 is 2.38 bits per heavy atom. The molecule has 1 fully saturated rings. The molecule has 0 bridgehead atoms. The molecule has 5 rings (SSSR count). The van der Waals surface area contributed by atoms with E-state index in [-0.39, 0.29) is 5.56 Å². The zero-order valence-corrected chi connectivity index (χ0v) is 20.9. The average Bonchev–Trinajstić information content (AvgIpc) is 3.25. The topological polar surface area (TPSA) is 87.9 Å². The van der Waals surface area contributed by atoms with Crippen molar-refractivity contribution in [1.29, 1.82) is 0 Å². The van der Waals surface area contributed by atoms with Crippen LogP contribution in [-0.2, 0) is 10.0 Å². The van der Waals surface area contributed by atoms with Crippen molar-refractivity contribution in [2.24, 2.45) is 0 Å². The summed E-state index contributed by atoms with van der Waals surface area (Å²) < 4.78 is 29.3. The molecule has 0 N–H and O–H groups in total. The first kappa shape index (κ1) is 22.7. The molecule has 1 aliphatic heterocycles. The number of fused-ring (bicyclic) bond motifs is 1. The van der Waals surface area contributed by atoms with E-state index in [2.05, 4.69) is 10.1 Å². The summed E-state index contributed by atoms with van der Waals surface area (Å²) in [7, 11) is -3.58. The van der Waals surface area contributed by atoms with Crippen molar-refractivity contribution in [3.63, 3.8) is 0 Å². The van der Waals surface area contributed by atoms with Crippen molar-refractivity contribution in [3.8, 4) is 10.6 Å². The van der Waals surface area contributed by atoms with Crippen LogP contribution in [0.5, 0.6) is 0 Å².